The molecule has 2 aromatic rings. The maximum atomic E-state index is 12.3. The minimum absolute atomic E-state index is 0.0636. The van der Waals surface area contributed by atoms with Gasteiger partial charge in [-0.15, -0.1) is 0 Å². The van der Waals surface area contributed by atoms with Gasteiger partial charge in [0.15, 0.2) is 0 Å². The second kappa shape index (κ2) is 8.47. The van der Waals surface area contributed by atoms with Gasteiger partial charge in [-0.1, -0.05) is 24.3 Å². The Morgan fingerprint density at radius 2 is 1.69 bits per heavy atom. The Morgan fingerprint density at radius 1 is 1.04 bits per heavy atom. The lowest BCUT2D eigenvalue weighted by molar-refractivity contribution is 0.189. The molecule has 0 unspecified atom stereocenters. The van der Waals surface area contributed by atoms with Crippen molar-refractivity contribution in [2.75, 3.05) is 33.9 Å². The highest BCUT2D eigenvalue weighted by Gasteiger charge is 2.19. The SMILES string of the molecule is COc1cc(OC)cc(OCCNC(=O)N2CCc3ccccc3C2)c1. The lowest BCUT2D eigenvalue weighted by atomic mass is 10.0. The first-order chi connectivity index (χ1) is 12.7. The van der Waals surface area contributed by atoms with Gasteiger partial charge in [-0.25, -0.2) is 4.79 Å². The molecule has 0 radical (unpaired) electrons. The van der Waals surface area contributed by atoms with Crippen molar-refractivity contribution in [1.29, 1.82) is 0 Å². The van der Waals surface area contributed by atoms with E-state index in [2.05, 4.69) is 17.4 Å². The van der Waals surface area contributed by atoms with E-state index in [1.165, 1.54) is 11.1 Å². The molecule has 0 saturated carbocycles. The Hall–Kier alpha value is -2.89. The molecule has 0 bridgehead atoms. The number of amides is 2. The van der Waals surface area contributed by atoms with Gasteiger partial charge in [-0.05, 0) is 17.5 Å². The van der Waals surface area contributed by atoms with E-state index in [9.17, 15) is 4.79 Å². The van der Waals surface area contributed by atoms with E-state index in [4.69, 9.17) is 14.2 Å². The topological polar surface area (TPSA) is 60.0 Å². The standard InChI is InChI=1S/C20H24N2O4/c1-24-17-11-18(25-2)13-19(12-17)26-10-8-21-20(23)22-9-7-15-5-3-4-6-16(15)14-22/h3-6,11-13H,7-10,14H2,1-2H3,(H,21,23). The molecule has 1 N–H and O–H groups in total. The van der Waals surface area contributed by atoms with Crippen LogP contribution in [0.4, 0.5) is 4.79 Å². The average molecular weight is 356 g/mol. The Bertz CT molecular complexity index is 741. The number of ether oxygens (including phenoxy) is 3. The van der Waals surface area contributed by atoms with E-state index in [1.807, 2.05) is 17.0 Å². The molecule has 2 aromatic carbocycles. The number of nitrogens with zero attached hydrogens (tertiary/aromatic N) is 1. The lowest BCUT2D eigenvalue weighted by Crippen LogP contribution is -2.43. The summed E-state index contributed by atoms with van der Waals surface area (Å²) >= 11 is 0. The van der Waals surface area contributed by atoms with E-state index in [0.29, 0.717) is 36.9 Å². The smallest absolute Gasteiger partial charge is 0.317 e. The quantitative estimate of drug-likeness (QED) is 0.809. The third-order valence-corrected chi connectivity index (χ3v) is 4.39. The first kappa shape index (κ1) is 17.9. The van der Waals surface area contributed by atoms with Crippen LogP contribution in [0.3, 0.4) is 0 Å². The van der Waals surface area contributed by atoms with Gasteiger partial charge < -0.3 is 24.4 Å². The molecule has 3 rings (SSSR count). The Labute approximate surface area is 153 Å². The maximum absolute atomic E-state index is 12.3. The molecule has 6 nitrogen and oxygen atoms in total. The number of rotatable bonds is 6. The van der Waals surface area contributed by atoms with Crippen molar-refractivity contribution in [1.82, 2.24) is 10.2 Å². The van der Waals surface area contributed by atoms with Gasteiger partial charge in [-0.2, -0.15) is 0 Å². The normalized spacial score (nSPS) is 12.9. The van der Waals surface area contributed by atoms with E-state index in [-0.39, 0.29) is 6.03 Å². The molecule has 0 fully saturated rings. The molecular formula is C20H24N2O4. The van der Waals surface area contributed by atoms with Gasteiger partial charge in [0.1, 0.15) is 23.9 Å². The number of hydrogen-bond acceptors (Lipinski definition) is 4. The van der Waals surface area contributed by atoms with Gasteiger partial charge in [0.25, 0.3) is 0 Å². The minimum Gasteiger partial charge on any atom is -0.496 e. The summed E-state index contributed by atoms with van der Waals surface area (Å²) in [6.07, 6.45) is 0.893. The summed E-state index contributed by atoms with van der Waals surface area (Å²) < 4.78 is 16.1. The first-order valence-corrected chi connectivity index (χ1v) is 8.65. The molecule has 0 aromatic heterocycles. The summed E-state index contributed by atoms with van der Waals surface area (Å²) in [5.41, 5.74) is 2.54. The van der Waals surface area contributed by atoms with Crippen LogP contribution in [0.2, 0.25) is 0 Å². The van der Waals surface area contributed by atoms with Crippen molar-refractivity contribution in [3.8, 4) is 17.2 Å². The predicted octanol–water partition coefficient (Wildman–Crippen LogP) is 2.85. The van der Waals surface area contributed by atoms with E-state index < -0.39 is 0 Å². The first-order valence-electron chi connectivity index (χ1n) is 8.65. The van der Waals surface area contributed by atoms with Crippen LogP contribution in [0.1, 0.15) is 11.1 Å². The van der Waals surface area contributed by atoms with Crippen molar-refractivity contribution in [2.45, 2.75) is 13.0 Å². The zero-order valence-corrected chi connectivity index (χ0v) is 15.2. The number of urea groups is 1. The molecular weight excluding hydrogens is 332 g/mol. The van der Waals surface area contributed by atoms with Gasteiger partial charge >= 0.3 is 6.03 Å². The number of fused-ring (bicyclic) bond motifs is 1. The van der Waals surface area contributed by atoms with Crippen molar-refractivity contribution in [3.63, 3.8) is 0 Å². The number of carbonyl (C=O) groups is 1. The molecule has 1 aliphatic heterocycles. The summed E-state index contributed by atoms with van der Waals surface area (Å²) in [6, 6.07) is 13.5. The molecule has 0 saturated heterocycles. The molecule has 1 heterocycles. The number of nitrogens with one attached hydrogen (secondary N) is 1. The number of carbonyl (C=O) groups excluding carboxylic acids is 1. The fraction of sp³-hybridized carbons (Fsp3) is 0.350. The molecule has 0 atom stereocenters. The van der Waals surface area contributed by atoms with Gasteiger partial charge in [0, 0.05) is 31.3 Å². The highest BCUT2D eigenvalue weighted by Crippen LogP contribution is 2.27. The molecule has 1 aliphatic rings. The monoisotopic (exact) mass is 356 g/mol. The van der Waals surface area contributed by atoms with Crippen LogP contribution >= 0.6 is 0 Å². The minimum atomic E-state index is -0.0636. The zero-order valence-electron chi connectivity index (χ0n) is 15.2. The number of hydrogen-bond donors (Lipinski definition) is 1. The number of benzene rings is 2. The summed E-state index contributed by atoms with van der Waals surface area (Å²) in [5, 5.41) is 2.91. The van der Waals surface area contributed by atoms with Crippen molar-refractivity contribution >= 4 is 6.03 Å². The molecule has 2 amide bonds. The van der Waals surface area contributed by atoms with Crippen LogP contribution < -0.4 is 19.5 Å². The fourth-order valence-corrected chi connectivity index (χ4v) is 2.97. The van der Waals surface area contributed by atoms with Crippen LogP contribution in [0.5, 0.6) is 17.2 Å². The zero-order chi connectivity index (χ0) is 18.4. The van der Waals surface area contributed by atoms with Crippen molar-refractivity contribution < 1.29 is 19.0 Å². The van der Waals surface area contributed by atoms with Gasteiger partial charge in [0.2, 0.25) is 0 Å². The lowest BCUT2D eigenvalue weighted by Gasteiger charge is -2.28. The Kier molecular flexibility index (Phi) is 5.84. The predicted molar refractivity (Wildman–Crippen MR) is 99.0 cm³/mol. The highest BCUT2D eigenvalue weighted by molar-refractivity contribution is 5.74. The Balaban J connectivity index is 1.46. The van der Waals surface area contributed by atoms with Gasteiger partial charge in [0.05, 0.1) is 20.8 Å². The maximum Gasteiger partial charge on any atom is 0.317 e. The average Bonchev–Trinajstić information content (AvgIpc) is 2.70. The van der Waals surface area contributed by atoms with Crippen molar-refractivity contribution in [3.05, 3.63) is 53.6 Å². The second-order valence-corrected chi connectivity index (χ2v) is 6.07. The summed E-state index contributed by atoms with van der Waals surface area (Å²) in [6.45, 7) is 2.18. The van der Waals surface area contributed by atoms with E-state index in [0.717, 1.165) is 13.0 Å². The number of methoxy groups -OCH3 is 2. The molecule has 6 heteroatoms. The van der Waals surface area contributed by atoms with Crippen LogP contribution in [0, 0.1) is 0 Å². The second-order valence-electron chi connectivity index (χ2n) is 6.07. The molecule has 0 aliphatic carbocycles. The summed E-state index contributed by atoms with van der Waals surface area (Å²) in [5.74, 6) is 1.97. The third kappa shape index (κ3) is 4.39. The molecule has 26 heavy (non-hydrogen) atoms. The van der Waals surface area contributed by atoms with Crippen LogP contribution in [0.25, 0.3) is 0 Å². The van der Waals surface area contributed by atoms with Crippen LogP contribution in [-0.4, -0.2) is 44.8 Å². The molecule has 138 valence electrons. The molecule has 0 spiro atoms. The van der Waals surface area contributed by atoms with Crippen LogP contribution in [-0.2, 0) is 13.0 Å². The fourth-order valence-electron chi connectivity index (χ4n) is 2.97. The van der Waals surface area contributed by atoms with Crippen LogP contribution in [0.15, 0.2) is 42.5 Å². The van der Waals surface area contributed by atoms with E-state index >= 15 is 0 Å². The van der Waals surface area contributed by atoms with E-state index in [1.54, 1.807) is 32.4 Å². The largest absolute Gasteiger partial charge is 0.496 e. The highest BCUT2D eigenvalue weighted by atomic mass is 16.5. The Morgan fingerprint density at radius 3 is 2.38 bits per heavy atom. The summed E-state index contributed by atoms with van der Waals surface area (Å²) in [4.78, 5) is 14.2. The van der Waals surface area contributed by atoms with Gasteiger partial charge in [-0.3, -0.25) is 0 Å². The third-order valence-electron chi connectivity index (χ3n) is 4.39. The summed E-state index contributed by atoms with van der Waals surface area (Å²) in [7, 11) is 3.19. The van der Waals surface area contributed by atoms with Crippen molar-refractivity contribution in [2.24, 2.45) is 0 Å².